The highest BCUT2D eigenvalue weighted by atomic mass is 32.2. The minimum Gasteiger partial charge on any atom is -0.481 e. The molecule has 0 fully saturated rings. The summed E-state index contributed by atoms with van der Waals surface area (Å²) in [6, 6.07) is 0. The molecule has 0 aromatic rings. The zero-order chi connectivity index (χ0) is 9.84. The molecule has 70 valence electrons. The van der Waals surface area contributed by atoms with Crippen LogP contribution in [0.2, 0.25) is 0 Å². The molecule has 0 aliphatic heterocycles. The van der Waals surface area contributed by atoms with Crippen LogP contribution in [-0.4, -0.2) is 24.4 Å². The number of rotatable bonds is 2. The Kier molecular flexibility index (Phi) is 3.02. The molecule has 0 heterocycles. The van der Waals surface area contributed by atoms with Gasteiger partial charge in [0.1, 0.15) is 0 Å². The van der Waals surface area contributed by atoms with Crippen molar-refractivity contribution >= 4 is 21.1 Å². The Bertz CT molecular complexity index is 403. The molecule has 0 aromatic heterocycles. The molecular formula is C8H8O4S. The molecule has 5 heteroatoms. The number of hydrogen-bond donors (Lipinski definition) is 1. The Hall–Kier alpha value is -1.36. The maximum atomic E-state index is 10.6. The van der Waals surface area contributed by atoms with Crippen molar-refractivity contribution in [2.75, 3.05) is 0 Å². The van der Waals surface area contributed by atoms with Crippen LogP contribution in [0.5, 0.6) is 0 Å². The quantitative estimate of drug-likeness (QED) is 0.655. The predicted octanol–water partition coefficient (Wildman–Crippen LogP) is 0.399. The molecule has 13 heavy (non-hydrogen) atoms. The van der Waals surface area contributed by atoms with Crippen molar-refractivity contribution < 1.29 is 18.3 Å². The van der Waals surface area contributed by atoms with Gasteiger partial charge in [-0.1, -0.05) is 18.2 Å². The van der Waals surface area contributed by atoms with Crippen molar-refractivity contribution in [1.29, 1.82) is 0 Å². The van der Waals surface area contributed by atoms with Gasteiger partial charge in [0.05, 0.1) is 11.3 Å². The molecule has 1 aliphatic rings. The van der Waals surface area contributed by atoms with Crippen LogP contribution in [0.15, 0.2) is 23.8 Å². The number of aliphatic carboxylic acids is 1. The van der Waals surface area contributed by atoms with Crippen LogP contribution in [0.1, 0.15) is 12.8 Å². The van der Waals surface area contributed by atoms with Crippen molar-refractivity contribution in [2.24, 2.45) is 0 Å². The third-order valence-electron chi connectivity index (χ3n) is 1.64. The summed E-state index contributed by atoms with van der Waals surface area (Å²) in [5.74, 6) is -1.02. The maximum absolute atomic E-state index is 10.6. The highest BCUT2D eigenvalue weighted by Crippen LogP contribution is 2.12. The molecule has 1 rings (SSSR count). The monoisotopic (exact) mass is 200 g/mol. The van der Waals surface area contributed by atoms with E-state index < -0.39 is 16.3 Å². The first kappa shape index (κ1) is 9.73. The summed E-state index contributed by atoms with van der Waals surface area (Å²) in [6.07, 6.45) is 4.90. The van der Waals surface area contributed by atoms with Crippen molar-refractivity contribution in [3.05, 3.63) is 23.8 Å². The lowest BCUT2D eigenvalue weighted by atomic mass is 10.0. The third kappa shape index (κ3) is 2.55. The summed E-state index contributed by atoms with van der Waals surface area (Å²) in [6.45, 7) is 0. The maximum Gasteiger partial charge on any atom is 0.307 e. The Morgan fingerprint density at radius 1 is 1.54 bits per heavy atom. The Balaban J connectivity index is 3.04. The topological polar surface area (TPSA) is 71.4 Å². The average molecular weight is 200 g/mol. The van der Waals surface area contributed by atoms with E-state index in [0.29, 0.717) is 5.57 Å². The van der Waals surface area contributed by atoms with Gasteiger partial charge in [-0.2, -0.15) is 8.42 Å². The van der Waals surface area contributed by atoms with Crippen molar-refractivity contribution in [1.82, 2.24) is 0 Å². The van der Waals surface area contributed by atoms with Crippen LogP contribution in [0.4, 0.5) is 0 Å². The minimum absolute atomic E-state index is 0.171. The van der Waals surface area contributed by atoms with Crippen LogP contribution in [0.25, 0.3) is 0 Å². The SMILES string of the molecule is O=C(O)CC1=CC=CCC1=S(=O)=O. The molecular weight excluding hydrogens is 192 g/mol. The zero-order valence-corrected chi connectivity index (χ0v) is 7.54. The molecule has 4 nitrogen and oxygen atoms in total. The zero-order valence-electron chi connectivity index (χ0n) is 6.73. The highest BCUT2D eigenvalue weighted by molar-refractivity contribution is 7.73. The Labute approximate surface area is 76.7 Å². The Morgan fingerprint density at radius 2 is 2.23 bits per heavy atom. The number of allylic oxidation sites excluding steroid dienone is 3. The van der Waals surface area contributed by atoms with Gasteiger partial charge in [-0.15, -0.1) is 0 Å². The molecule has 0 amide bonds. The molecule has 0 saturated heterocycles. The summed E-state index contributed by atoms with van der Waals surface area (Å²) in [5, 5.41) is 8.49. The summed E-state index contributed by atoms with van der Waals surface area (Å²) in [5.41, 5.74) is 0.364. The van der Waals surface area contributed by atoms with Gasteiger partial charge in [-0.25, -0.2) is 0 Å². The van der Waals surface area contributed by atoms with Crippen LogP contribution >= 0.6 is 0 Å². The van der Waals surface area contributed by atoms with Gasteiger partial charge in [0.15, 0.2) is 0 Å². The van der Waals surface area contributed by atoms with Gasteiger partial charge >= 0.3 is 5.97 Å². The predicted molar refractivity (Wildman–Crippen MR) is 48.0 cm³/mol. The second-order valence-corrected chi connectivity index (χ2v) is 3.51. The fourth-order valence-corrected chi connectivity index (χ4v) is 1.67. The van der Waals surface area contributed by atoms with Crippen molar-refractivity contribution in [3.63, 3.8) is 0 Å². The summed E-state index contributed by atoms with van der Waals surface area (Å²) >= 11 is 0. The fourth-order valence-electron chi connectivity index (χ4n) is 1.08. The molecule has 0 bridgehead atoms. The molecule has 1 aliphatic carbocycles. The first-order valence-electron chi connectivity index (χ1n) is 3.64. The number of carboxylic acid groups (broad SMARTS) is 1. The standard InChI is InChI=1S/C8H8O4S/c9-8(10)5-6-3-1-2-4-7(6)13(11)12/h1-3H,4-5H2,(H,9,10). The van der Waals surface area contributed by atoms with Crippen molar-refractivity contribution in [3.8, 4) is 0 Å². The lowest BCUT2D eigenvalue weighted by molar-refractivity contribution is -0.136. The van der Waals surface area contributed by atoms with Crippen molar-refractivity contribution in [2.45, 2.75) is 12.8 Å². The van der Waals surface area contributed by atoms with E-state index >= 15 is 0 Å². The number of carbonyl (C=O) groups is 1. The van der Waals surface area contributed by atoms with Gasteiger partial charge in [-0.3, -0.25) is 4.79 Å². The molecule has 0 radical (unpaired) electrons. The lowest BCUT2D eigenvalue weighted by Crippen LogP contribution is -2.10. The van der Waals surface area contributed by atoms with Gasteiger partial charge in [0.2, 0.25) is 10.3 Å². The molecule has 0 saturated carbocycles. The van der Waals surface area contributed by atoms with Gasteiger partial charge in [0.25, 0.3) is 0 Å². The summed E-state index contributed by atoms with van der Waals surface area (Å²) in [7, 11) is -2.31. The smallest absolute Gasteiger partial charge is 0.307 e. The van der Waals surface area contributed by atoms with Crippen LogP contribution < -0.4 is 0 Å². The Morgan fingerprint density at radius 3 is 2.77 bits per heavy atom. The van der Waals surface area contributed by atoms with Crippen LogP contribution in [0, 0.1) is 0 Å². The minimum atomic E-state index is -2.31. The van der Waals surface area contributed by atoms with Gasteiger partial charge < -0.3 is 5.11 Å². The number of carboxylic acids is 1. The third-order valence-corrected chi connectivity index (χ3v) is 2.47. The van der Waals surface area contributed by atoms with Crippen LogP contribution in [0.3, 0.4) is 0 Å². The molecule has 0 atom stereocenters. The summed E-state index contributed by atoms with van der Waals surface area (Å²) in [4.78, 5) is 10.5. The van der Waals surface area contributed by atoms with Gasteiger partial charge in [-0.05, 0) is 5.57 Å². The van der Waals surface area contributed by atoms with E-state index in [1.165, 1.54) is 6.08 Å². The van der Waals surface area contributed by atoms with E-state index in [4.69, 9.17) is 5.11 Å². The van der Waals surface area contributed by atoms with E-state index in [0.717, 1.165) is 0 Å². The van der Waals surface area contributed by atoms with E-state index in [-0.39, 0.29) is 17.7 Å². The second kappa shape index (κ2) is 4.04. The van der Waals surface area contributed by atoms with E-state index in [2.05, 4.69) is 0 Å². The second-order valence-electron chi connectivity index (χ2n) is 2.55. The van der Waals surface area contributed by atoms with Crippen LogP contribution in [-0.2, 0) is 15.1 Å². The normalized spacial score (nSPS) is 15.4. The molecule has 0 aromatic carbocycles. The molecule has 0 spiro atoms. The fraction of sp³-hybridized carbons (Fsp3) is 0.250. The van der Waals surface area contributed by atoms with E-state index in [9.17, 15) is 13.2 Å². The first-order chi connectivity index (χ1) is 6.11. The van der Waals surface area contributed by atoms with E-state index in [1.54, 1.807) is 12.2 Å². The highest BCUT2D eigenvalue weighted by Gasteiger charge is 2.13. The summed E-state index contributed by atoms with van der Waals surface area (Å²) < 4.78 is 21.3. The number of hydrogen-bond acceptors (Lipinski definition) is 3. The van der Waals surface area contributed by atoms with Gasteiger partial charge in [0, 0.05) is 6.42 Å². The largest absolute Gasteiger partial charge is 0.481 e. The lowest BCUT2D eigenvalue weighted by Gasteiger charge is -2.06. The van der Waals surface area contributed by atoms with E-state index in [1.807, 2.05) is 0 Å². The first-order valence-corrected chi connectivity index (χ1v) is 4.71. The molecule has 1 N–H and O–H groups in total. The molecule has 0 unspecified atom stereocenters. The average Bonchev–Trinajstić information content (AvgIpc) is 2.03.